The highest BCUT2D eigenvalue weighted by Crippen LogP contribution is 2.09. The largest absolute Gasteiger partial charge is 0.353 e. The first-order valence-corrected chi connectivity index (χ1v) is 7.90. The summed E-state index contributed by atoms with van der Waals surface area (Å²) in [6.07, 6.45) is 1.15. The van der Waals surface area contributed by atoms with Crippen LogP contribution in [0.2, 0.25) is 0 Å². The number of benzene rings is 1. The summed E-state index contributed by atoms with van der Waals surface area (Å²) in [6, 6.07) is 9.70. The molecule has 0 aromatic heterocycles. The van der Waals surface area contributed by atoms with Gasteiger partial charge < -0.3 is 11.1 Å². The lowest BCUT2D eigenvalue weighted by atomic mass is 10.1. The molecule has 1 rings (SSSR count). The van der Waals surface area contributed by atoms with Gasteiger partial charge in [-0.15, -0.1) is 12.4 Å². The lowest BCUT2D eigenvalue weighted by Crippen LogP contribution is -2.33. The number of carbonyl (C=O) groups is 1. The van der Waals surface area contributed by atoms with E-state index in [2.05, 4.69) is 19.2 Å². The van der Waals surface area contributed by atoms with E-state index in [1.54, 1.807) is 11.8 Å². The third kappa shape index (κ3) is 8.46. The van der Waals surface area contributed by atoms with Gasteiger partial charge in [0.1, 0.15) is 0 Å². The molecule has 1 atom stereocenters. The number of hydrogen-bond donors (Lipinski definition) is 2. The van der Waals surface area contributed by atoms with Crippen LogP contribution in [0.25, 0.3) is 0 Å². The lowest BCUT2D eigenvalue weighted by molar-refractivity contribution is -0.118. The molecule has 0 saturated heterocycles. The van der Waals surface area contributed by atoms with Crippen molar-refractivity contribution >= 4 is 30.1 Å². The summed E-state index contributed by atoms with van der Waals surface area (Å²) in [5, 5.41) is 2.88. The Morgan fingerprint density at radius 2 is 1.95 bits per heavy atom. The van der Waals surface area contributed by atoms with E-state index in [9.17, 15) is 4.79 Å². The van der Waals surface area contributed by atoms with E-state index >= 15 is 0 Å². The number of rotatable bonds is 8. The minimum absolute atomic E-state index is 0. The van der Waals surface area contributed by atoms with Crippen molar-refractivity contribution in [3.05, 3.63) is 35.9 Å². The summed E-state index contributed by atoms with van der Waals surface area (Å²) in [5.74, 6) is 2.33. The first kappa shape index (κ1) is 19.3. The van der Waals surface area contributed by atoms with Gasteiger partial charge in [0.05, 0.1) is 5.75 Å². The number of thioether (sulfide) groups is 1. The Kier molecular flexibility index (Phi) is 10.6. The van der Waals surface area contributed by atoms with Gasteiger partial charge in [-0.1, -0.05) is 44.2 Å². The van der Waals surface area contributed by atoms with Crippen molar-refractivity contribution in [2.75, 3.05) is 18.1 Å². The van der Waals surface area contributed by atoms with Crippen LogP contribution in [-0.4, -0.2) is 24.0 Å². The van der Waals surface area contributed by atoms with Gasteiger partial charge >= 0.3 is 0 Å². The fourth-order valence-corrected chi connectivity index (χ4v) is 2.65. The molecule has 0 saturated carbocycles. The number of nitrogens with one attached hydrogen (secondary N) is 1. The zero-order chi connectivity index (χ0) is 14.1. The minimum Gasteiger partial charge on any atom is -0.353 e. The normalized spacial score (nSPS) is 11.8. The van der Waals surface area contributed by atoms with Gasteiger partial charge in [-0.05, 0) is 23.7 Å². The zero-order valence-corrected chi connectivity index (χ0v) is 13.8. The smallest absolute Gasteiger partial charge is 0.230 e. The Labute approximate surface area is 132 Å². The zero-order valence-electron chi connectivity index (χ0n) is 12.2. The Hall–Kier alpha value is -0.710. The number of carbonyl (C=O) groups excluding carboxylic acids is 1. The van der Waals surface area contributed by atoms with Gasteiger partial charge in [0, 0.05) is 12.6 Å². The second-order valence-corrected chi connectivity index (χ2v) is 6.16. The number of nitrogens with two attached hydrogens (primary N) is 1. The van der Waals surface area contributed by atoms with Gasteiger partial charge in [-0.25, -0.2) is 0 Å². The van der Waals surface area contributed by atoms with Crippen LogP contribution in [0, 0.1) is 5.92 Å². The van der Waals surface area contributed by atoms with Crippen molar-refractivity contribution in [2.24, 2.45) is 11.7 Å². The topological polar surface area (TPSA) is 55.1 Å². The van der Waals surface area contributed by atoms with E-state index in [0.717, 1.165) is 17.7 Å². The van der Waals surface area contributed by atoms with Crippen LogP contribution in [0.15, 0.2) is 30.3 Å². The first-order valence-electron chi connectivity index (χ1n) is 6.74. The fourth-order valence-electron chi connectivity index (χ4n) is 1.58. The SMILES string of the molecule is CC(C)CCSCC(=O)NCC(N)c1ccccc1.Cl. The maximum Gasteiger partial charge on any atom is 0.230 e. The van der Waals surface area contributed by atoms with Gasteiger partial charge in [-0.2, -0.15) is 11.8 Å². The van der Waals surface area contributed by atoms with Gasteiger partial charge in [-0.3, -0.25) is 4.79 Å². The summed E-state index contributed by atoms with van der Waals surface area (Å²) >= 11 is 1.68. The molecule has 0 fully saturated rings. The van der Waals surface area contributed by atoms with Crippen LogP contribution in [0.4, 0.5) is 0 Å². The summed E-state index contributed by atoms with van der Waals surface area (Å²) in [5.41, 5.74) is 7.07. The van der Waals surface area contributed by atoms with Crippen molar-refractivity contribution < 1.29 is 4.79 Å². The van der Waals surface area contributed by atoms with E-state index in [0.29, 0.717) is 18.2 Å². The molecule has 114 valence electrons. The molecule has 0 radical (unpaired) electrons. The summed E-state index contributed by atoms with van der Waals surface area (Å²) in [4.78, 5) is 11.6. The second kappa shape index (κ2) is 11.0. The monoisotopic (exact) mass is 316 g/mol. The molecule has 0 aliphatic heterocycles. The predicted octanol–water partition coefficient (Wildman–Crippen LogP) is 3.00. The number of amides is 1. The standard InChI is InChI=1S/C15H24N2OS.ClH/c1-12(2)8-9-19-11-15(18)17-10-14(16)13-6-4-3-5-7-13;/h3-7,12,14H,8-11,16H2,1-2H3,(H,17,18);1H. The molecule has 1 aromatic rings. The van der Waals surface area contributed by atoms with Gasteiger partial charge in [0.25, 0.3) is 0 Å². The van der Waals surface area contributed by atoms with Crippen LogP contribution in [0.5, 0.6) is 0 Å². The van der Waals surface area contributed by atoms with Crippen LogP contribution in [-0.2, 0) is 4.79 Å². The highest BCUT2D eigenvalue weighted by atomic mass is 35.5. The second-order valence-electron chi connectivity index (χ2n) is 5.06. The van der Waals surface area contributed by atoms with Crippen molar-refractivity contribution in [3.8, 4) is 0 Å². The molecule has 0 bridgehead atoms. The third-order valence-electron chi connectivity index (χ3n) is 2.82. The highest BCUT2D eigenvalue weighted by Gasteiger charge is 2.07. The molecular formula is C15H25ClN2OS. The maximum atomic E-state index is 11.6. The van der Waals surface area contributed by atoms with E-state index in [1.807, 2.05) is 30.3 Å². The highest BCUT2D eigenvalue weighted by molar-refractivity contribution is 7.99. The van der Waals surface area contributed by atoms with Gasteiger partial charge in [0.15, 0.2) is 0 Å². The molecule has 0 aliphatic carbocycles. The van der Waals surface area contributed by atoms with Crippen molar-refractivity contribution in [1.29, 1.82) is 0 Å². The molecule has 0 aliphatic rings. The molecule has 0 heterocycles. The molecule has 3 N–H and O–H groups in total. The molecule has 1 amide bonds. The predicted molar refractivity (Wildman–Crippen MR) is 90.4 cm³/mol. The minimum atomic E-state index is -0.134. The summed E-state index contributed by atoms with van der Waals surface area (Å²) in [6.45, 7) is 4.88. The molecule has 0 spiro atoms. The maximum absolute atomic E-state index is 11.6. The van der Waals surface area contributed by atoms with Crippen LogP contribution < -0.4 is 11.1 Å². The van der Waals surface area contributed by atoms with Crippen LogP contribution in [0.3, 0.4) is 0 Å². The molecule has 5 heteroatoms. The van der Waals surface area contributed by atoms with E-state index in [4.69, 9.17) is 5.73 Å². The molecule has 3 nitrogen and oxygen atoms in total. The average molecular weight is 317 g/mol. The molecule has 1 unspecified atom stereocenters. The quantitative estimate of drug-likeness (QED) is 0.725. The Morgan fingerprint density at radius 1 is 1.30 bits per heavy atom. The third-order valence-corrected chi connectivity index (χ3v) is 3.81. The lowest BCUT2D eigenvalue weighted by Gasteiger charge is -2.13. The Balaban J connectivity index is 0.00000361. The number of halogens is 1. The van der Waals surface area contributed by atoms with Gasteiger partial charge in [0.2, 0.25) is 5.91 Å². The van der Waals surface area contributed by atoms with E-state index in [1.165, 1.54) is 0 Å². The summed E-state index contributed by atoms with van der Waals surface area (Å²) in [7, 11) is 0. The first-order chi connectivity index (χ1) is 9.09. The van der Waals surface area contributed by atoms with Crippen molar-refractivity contribution in [3.63, 3.8) is 0 Å². The molecule has 1 aromatic carbocycles. The fraction of sp³-hybridized carbons (Fsp3) is 0.533. The summed E-state index contributed by atoms with van der Waals surface area (Å²) < 4.78 is 0. The van der Waals surface area contributed by atoms with E-state index in [-0.39, 0.29) is 24.4 Å². The Morgan fingerprint density at radius 3 is 2.55 bits per heavy atom. The van der Waals surface area contributed by atoms with Crippen LogP contribution >= 0.6 is 24.2 Å². The molecule has 20 heavy (non-hydrogen) atoms. The average Bonchev–Trinajstić information content (AvgIpc) is 2.41. The van der Waals surface area contributed by atoms with Crippen molar-refractivity contribution in [1.82, 2.24) is 5.32 Å². The Bertz CT molecular complexity index is 373. The van der Waals surface area contributed by atoms with E-state index < -0.39 is 0 Å². The van der Waals surface area contributed by atoms with Crippen molar-refractivity contribution in [2.45, 2.75) is 26.3 Å². The molecular weight excluding hydrogens is 292 g/mol. The number of hydrogen-bond acceptors (Lipinski definition) is 3. The van der Waals surface area contributed by atoms with Crippen LogP contribution in [0.1, 0.15) is 31.9 Å².